The number of carbonyl (C=O) groups is 3. The number of Topliss-reactive ketones (excluding diaryl/α,β-unsaturated/α-hetero) is 2. The lowest BCUT2D eigenvalue weighted by Crippen LogP contribution is -2.45. The molecule has 2 aliphatic rings. The number of benzene rings is 1. The molecule has 0 N–H and O–H groups in total. The summed E-state index contributed by atoms with van der Waals surface area (Å²) in [5, 5.41) is 5.09. The van der Waals surface area contributed by atoms with E-state index in [9.17, 15) is 23.2 Å². The molecule has 43 heavy (non-hydrogen) atoms. The molecule has 1 saturated carbocycles. The Hall–Kier alpha value is -3.93. The van der Waals surface area contributed by atoms with E-state index in [-0.39, 0.29) is 58.8 Å². The number of alkyl halides is 2. The first-order valence-electron chi connectivity index (χ1n) is 13.9. The molecule has 1 aliphatic carbocycles. The highest BCUT2D eigenvalue weighted by molar-refractivity contribution is 9.10. The lowest BCUT2D eigenvalue weighted by Gasteiger charge is -2.27. The van der Waals surface area contributed by atoms with Crippen LogP contribution in [0.25, 0.3) is 22.0 Å². The molecule has 12 heteroatoms. The Bertz CT molecular complexity index is 1810. The third kappa shape index (κ3) is 5.26. The summed E-state index contributed by atoms with van der Waals surface area (Å²) in [7, 11) is 0. The number of carbonyl (C=O) groups excluding carboxylic acids is 3. The Morgan fingerprint density at radius 3 is 2.49 bits per heavy atom. The number of hydrogen-bond acceptors (Lipinski definition) is 7. The fraction of sp³-hybridized carbons (Fsp3) is 0.387. The predicted molar refractivity (Wildman–Crippen MR) is 158 cm³/mol. The van der Waals surface area contributed by atoms with Gasteiger partial charge in [0.25, 0.3) is 6.43 Å². The van der Waals surface area contributed by atoms with Gasteiger partial charge in [-0.25, -0.2) is 23.7 Å². The minimum absolute atomic E-state index is 0.0175. The van der Waals surface area contributed by atoms with Crippen molar-refractivity contribution in [2.45, 2.75) is 72.0 Å². The van der Waals surface area contributed by atoms with Gasteiger partial charge in [0.1, 0.15) is 22.7 Å². The van der Waals surface area contributed by atoms with Crippen molar-refractivity contribution in [3.05, 3.63) is 69.6 Å². The zero-order valence-corrected chi connectivity index (χ0v) is 25.7. The van der Waals surface area contributed by atoms with E-state index in [1.54, 1.807) is 37.2 Å². The van der Waals surface area contributed by atoms with Gasteiger partial charge < -0.3 is 4.90 Å². The molecule has 0 bridgehead atoms. The molecule has 9 nitrogen and oxygen atoms in total. The van der Waals surface area contributed by atoms with Crippen LogP contribution in [-0.2, 0) is 22.6 Å². The van der Waals surface area contributed by atoms with Crippen LogP contribution in [0.5, 0.6) is 0 Å². The number of aromatic nitrogens is 5. The average Bonchev–Trinajstić information content (AvgIpc) is 3.30. The van der Waals surface area contributed by atoms with Gasteiger partial charge in [0, 0.05) is 41.9 Å². The summed E-state index contributed by atoms with van der Waals surface area (Å²) in [6, 6.07) is 6.11. The average molecular weight is 652 g/mol. The Morgan fingerprint density at radius 2 is 1.81 bits per heavy atom. The van der Waals surface area contributed by atoms with Crippen LogP contribution in [0.15, 0.2) is 41.3 Å². The zero-order valence-electron chi connectivity index (χ0n) is 24.1. The number of ketones is 2. The quantitative estimate of drug-likeness (QED) is 0.180. The smallest absolute Gasteiger partial charge is 0.265 e. The second kappa shape index (κ2) is 10.7. The fourth-order valence-electron chi connectivity index (χ4n) is 6.32. The molecule has 4 aromatic rings. The fourth-order valence-corrected chi connectivity index (χ4v) is 6.88. The summed E-state index contributed by atoms with van der Waals surface area (Å²) >= 11 is 3.25. The Morgan fingerprint density at radius 1 is 1.09 bits per heavy atom. The maximum atomic E-state index is 13.9. The molecule has 2 fully saturated rings. The van der Waals surface area contributed by atoms with Gasteiger partial charge in [-0.2, -0.15) is 5.10 Å². The number of pyridine rings is 1. The molecule has 0 radical (unpaired) electrons. The van der Waals surface area contributed by atoms with Crippen LogP contribution in [0.2, 0.25) is 0 Å². The Kier molecular flexibility index (Phi) is 7.22. The number of fused-ring (bicyclic) bond motifs is 2. The summed E-state index contributed by atoms with van der Waals surface area (Å²) < 4.78 is 29.6. The maximum absolute atomic E-state index is 13.9. The Labute approximate surface area is 254 Å². The van der Waals surface area contributed by atoms with E-state index in [1.807, 2.05) is 19.1 Å². The molecule has 0 unspecified atom stereocenters. The molecule has 6 rings (SSSR count). The third-order valence-corrected chi connectivity index (χ3v) is 9.06. The van der Waals surface area contributed by atoms with Crippen LogP contribution in [0.1, 0.15) is 66.2 Å². The van der Waals surface area contributed by atoms with Crippen LogP contribution in [0.4, 0.5) is 8.78 Å². The predicted octanol–water partition coefficient (Wildman–Crippen LogP) is 5.60. The van der Waals surface area contributed by atoms with E-state index >= 15 is 0 Å². The number of nitrogens with zero attached hydrogens (tertiary/aromatic N) is 6. The van der Waals surface area contributed by atoms with Crippen LogP contribution in [0.3, 0.4) is 0 Å². The first kappa shape index (κ1) is 29.2. The Balaban J connectivity index is 1.29. The summed E-state index contributed by atoms with van der Waals surface area (Å²) in [6.45, 7) is 6.63. The molecule has 1 aromatic carbocycles. The minimum atomic E-state index is -2.78. The molecule has 222 valence electrons. The van der Waals surface area contributed by atoms with Crippen LogP contribution in [0, 0.1) is 19.3 Å². The maximum Gasteiger partial charge on any atom is 0.265 e. The lowest BCUT2D eigenvalue weighted by molar-refractivity contribution is -0.139. The highest BCUT2D eigenvalue weighted by Crippen LogP contribution is 2.59. The first-order valence-corrected chi connectivity index (χ1v) is 14.7. The van der Waals surface area contributed by atoms with Gasteiger partial charge in [0.2, 0.25) is 5.91 Å². The molecule has 3 aromatic heterocycles. The van der Waals surface area contributed by atoms with Gasteiger partial charge in [-0.15, -0.1) is 0 Å². The molecule has 1 saturated heterocycles. The number of hydrogen-bond donors (Lipinski definition) is 0. The number of piperidine rings is 1. The van der Waals surface area contributed by atoms with Crippen molar-refractivity contribution in [1.82, 2.24) is 29.6 Å². The third-order valence-electron chi connectivity index (χ3n) is 8.65. The van der Waals surface area contributed by atoms with Crippen molar-refractivity contribution in [3.63, 3.8) is 0 Å². The minimum Gasteiger partial charge on any atom is -0.327 e. The van der Waals surface area contributed by atoms with E-state index < -0.39 is 12.5 Å². The summed E-state index contributed by atoms with van der Waals surface area (Å²) in [5.74, 6) is -0.242. The van der Waals surface area contributed by atoms with Gasteiger partial charge in [0.05, 0.1) is 23.7 Å². The second-order valence-corrected chi connectivity index (χ2v) is 12.6. The number of aryl methyl sites for hydroxylation is 2. The van der Waals surface area contributed by atoms with Gasteiger partial charge >= 0.3 is 0 Å². The van der Waals surface area contributed by atoms with E-state index in [1.165, 1.54) is 17.7 Å². The van der Waals surface area contributed by atoms with Crippen molar-refractivity contribution in [3.8, 4) is 11.1 Å². The summed E-state index contributed by atoms with van der Waals surface area (Å²) in [6.07, 6.45) is 1.55. The van der Waals surface area contributed by atoms with E-state index in [4.69, 9.17) is 0 Å². The van der Waals surface area contributed by atoms with Crippen molar-refractivity contribution in [1.29, 1.82) is 0 Å². The number of rotatable bonds is 8. The van der Waals surface area contributed by atoms with Crippen molar-refractivity contribution in [2.24, 2.45) is 5.41 Å². The van der Waals surface area contributed by atoms with E-state index in [0.29, 0.717) is 33.3 Å². The van der Waals surface area contributed by atoms with Gasteiger partial charge in [-0.05, 0) is 77.4 Å². The van der Waals surface area contributed by atoms with Gasteiger partial charge in [0.15, 0.2) is 11.6 Å². The number of amides is 1. The van der Waals surface area contributed by atoms with Crippen molar-refractivity contribution in [2.75, 3.05) is 0 Å². The molecular weight excluding hydrogens is 622 g/mol. The lowest BCUT2D eigenvalue weighted by atomic mass is 9.95. The summed E-state index contributed by atoms with van der Waals surface area (Å²) in [5.41, 5.74) is 2.33. The standard InChI is InChI=1S/C31H29BrF2N6O3/c1-15-7-26(32)37-21(28(15)30(33)34)9-24(42)23-10-31(4)11-25(31)40(23)27(43)14-39-22-6-5-18(19-12-35-17(3)36-13-19)8-20(22)29(38-39)16(2)41/h5-8,12-13,23,25,30H,9-11,14H2,1-4H3/t23-,25+,31-/m0/s1. The topological polar surface area (TPSA) is 111 Å². The molecule has 1 amide bonds. The largest absolute Gasteiger partial charge is 0.327 e. The van der Waals surface area contributed by atoms with Crippen molar-refractivity contribution < 1.29 is 23.2 Å². The SMILES string of the molecule is CC(=O)c1nn(CC(=O)N2[C@H](C(=O)Cc3nc(Br)cc(C)c3C(F)F)C[C@@]3(C)C[C@@H]23)c2ccc(-c3cnc(C)nc3)cc12. The second-order valence-electron chi connectivity index (χ2n) is 11.8. The number of likely N-dealkylation sites (tertiary alicyclic amines) is 1. The van der Waals surface area contributed by atoms with Crippen LogP contribution >= 0.6 is 15.9 Å². The highest BCUT2D eigenvalue weighted by atomic mass is 79.9. The van der Waals surface area contributed by atoms with Gasteiger partial charge in [-0.1, -0.05) is 13.0 Å². The number of halogens is 3. The van der Waals surface area contributed by atoms with Crippen LogP contribution in [-0.4, -0.2) is 59.2 Å². The monoisotopic (exact) mass is 650 g/mol. The first-order chi connectivity index (χ1) is 20.4. The molecular formula is C31H29BrF2N6O3. The highest BCUT2D eigenvalue weighted by Gasteiger charge is 2.64. The van der Waals surface area contributed by atoms with E-state index in [2.05, 4.69) is 36.0 Å². The van der Waals surface area contributed by atoms with E-state index in [0.717, 1.165) is 17.5 Å². The van der Waals surface area contributed by atoms with Gasteiger partial charge in [-0.3, -0.25) is 19.1 Å². The zero-order chi connectivity index (χ0) is 30.8. The molecule has 0 spiro atoms. The van der Waals surface area contributed by atoms with Crippen molar-refractivity contribution >= 4 is 44.3 Å². The molecule has 1 aliphatic heterocycles. The van der Waals surface area contributed by atoms with Crippen LogP contribution < -0.4 is 0 Å². The molecule has 3 atom stereocenters. The normalized spacial score (nSPS) is 21.0. The molecule has 4 heterocycles. The summed E-state index contributed by atoms with van der Waals surface area (Å²) in [4.78, 5) is 54.3.